The van der Waals surface area contributed by atoms with Gasteiger partial charge in [-0.1, -0.05) is 0 Å². The lowest BCUT2D eigenvalue weighted by Crippen LogP contribution is -2.37. The SMILES string of the molecule is CN1CCC(Nc2cccnc2N(C)C)CC1. The number of anilines is 2. The third-order valence-corrected chi connectivity index (χ3v) is 3.29. The molecule has 1 saturated heterocycles. The van der Waals surface area contributed by atoms with Gasteiger partial charge in [0.05, 0.1) is 5.69 Å². The summed E-state index contributed by atoms with van der Waals surface area (Å²) in [5, 5.41) is 3.62. The van der Waals surface area contributed by atoms with Gasteiger partial charge in [0.1, 0.15) is 0 Å². The zero-order valence-electron chi connectivity index (χ0n) is 11.0. The molecule has 0 saturated carbocycles. The van der Waals surface area contributed by atoms with E-state index in [-0.39, 0.29) is 0 Å². The number of pyridine rings is 1. The van der Waals surface area contributed by atoms with Crippen molar-refractivity contribution in [3.63, 3.8) is 0 Å². The fraction of sp³-hybridized carbons (Fsp3) is 0.615. The van der Waals surface area contributed by atoms with Gasteiger partial charge in [-0.05, 0) is 45.1 Å². The lowest BCUT2D eigenvalue weighted by Gasteiger charge is -2.31. The van der Waals surface area contributed by atoms with Crippen LogP contribution in [0.15, 0.2) is 18.3 Å². The smallest absolute Gasteiger partial charge is 0.151 e. The number of likely N-dealkylation sites (tertiary alicyclic amines) is 1. The van der Waals surface area contributed by atoms with E-state index in [1.807, 2.05) is 26.4 Å². The van der Waals surface area contributed by atoms with Gasteiger partial charge in [-0.15, -0.1) is 0 Å². The molecule has 0 atom stereocenters. The van der Waals surface area contributed by atoms with Gasteiger partial charge in [0, 0.05) is 26.3 Å². The van der Waals surface area contributed by atoms with Crippen LogP contribution in [0.25, 0.3) is 0 Å². The van der Waals surface area contributed by atoms with E-state index in [0.717, 1.165) is 11.5 Å². The van der Waals surface area contributed by atoms with Crippen LogP contribution in [-0.2, 0) is 0 Å². The average Bonchev–Trinajstić information content (AvgIpc) is 2.32. The zero-order chi connectivity index (χ0) is 12.3. The molecule has 2 rings (SSSR count). The van der Waals surface area contributed by atoms with E-state index >= 15 is 0 Å². The topological polar surface area (TPSA) is 31.4 Å². The molecule has 0 bridgehead atoms. The molecule has 1 aliphatic heterocycles. The van der Waals surface area contributed by atoms with Crippen LogP contribution in [0.5, 0.6) is 0 Å². The fourth-order valence-electron chi connectivity index (χ4n) is 2.24. The first-order chi connectivity index (χ1) is 8.16. The van der Waals surface area contributed by atoms with Gasteiger partial charge < -0.3 is 15.1 Å². The predicted molar refractivity (Wildman–Crippen MR) is 72.7 cm³/mol. The number of nitrogens with zero attached hydrogens (tertiary/aromatic N) is 3. The molecular weight excluding hydrogens is 212 g/mol. The van der Waals surface area contributed by atoms with Gasteiger partial charge in [0.2, 0.25) is 0 Å². The molecule has 1 aromatic heterocycles. The first-order valence-electron chi connectivity index (χ1n) is 6.24. The van der Waals surface area contributed by atoms with E-state index in [4.69, 9.17) is 0 Å². The van der Waals surface area contributed by atoms with Crippen LogP contribution in [0.3, 0.4) is 0 Å². The van der Waals surface area contributed by atoms with Gasteiger partial charge in [0.25, 0.3) is 0 Å². The summed E-state index contributed by atoms with van der Waals surface area (Å²) < 4.78 is 0. The molecule has 1 N–H and O–H groups in total. The minimum Gasteiger partial charge on any atom is -0.379 e. The Hall–Kier alpha value is -1.29. The third kappa shape index (κ3) is 3.09. The molecule has 4 nitrogen and oxygen atoms in total. The van der Waals surface area contributed by atoms with Crippen LogP contribution in [0.4, 0.5) is 11.5 Å². The van der Waals surface area contributed by atoms with E-state index in [0.29, 0.717) is 6.04 Å². The molecule has 4 heteroatoms. The van der Waals surface area contributed by atoms with Crippen molar-refractivity contribution < 1.29 is 0 Å². The maximum Gasteiger partial charge on any atom is 0.151 e. The summed E-state index contributed by atoms with van der Waals surface area (Å²) >= 11 is 0. The highest BCUT2D eigenvalue weighted by atomic mass is 15.2. The Kier molecular flexibility index (Phi) is 3.84. The van der Waals surface area contributed by atoms with Gasteiger partial charge >= 0.3 is 0 Å². The molecule has 1 aliphatic rings. The maximum atomic E-state index is 4.41. The second kappa shape index (κ2) is 5.36. The number of aromatic nitrogens is 1. The van der Waals surface area contributed by atoms with Crippen molar-refractivity contribution in [2.45, 2.75) is 18.9 Å². The summed E-state index contributed by atoms with van der Waals surface area (Å²) in [5.74, 6) is 1.02. The number of rotatable bonds is 3. The molecule has 2 heterocycles. The summed E-state index contributed by atoms with van der Waals surface area (Å²) in [4.78, 5) is 8.85. The van der Waals surface area contributed by atoms with Crippen molar-refractivity contribution in [2.24, 2.45) is 0 Å². The molecule has 0 unspecified atom stereocenters. The van der Waals surface area contributed by atoms with Crippen molar-refractivity contribution in [1.82, 2.24) is 9.88 Å². The third-order valence-electron chi connectivity index (χ3n) is 3.29. The summed E-state index contributed by atoms with van der Waals surface area (Å²) in [6.07, 6.45) is 4.26. The molecule has 17 heavy (non-hydrogen) atoms. The van der Waals surface area contributed by atoms with E-state index in [1.54, 1.807) is 0 Å². The molecule has 0 spiro atoms. The van der Waals surface area contributed by atoms with Crippen molar-refractivity contribution >= 4 is 11.5 Å². The van der Waals surface area contributed by atoms with Crippen molar-refractivity contribution in [1.29, 1.82) is 0 Å². The number of hydrogen-bond donors (Lipinski definition) is 1. The minimum absolute atomic E-state index is 0.578. The highest BCUT2D eigenvalue weighted by Gasteiger charge is 2.17. The zero-order valence-corrected chi connectivity index (χ0v) is 11.0. The average molecular weight is 234 g/mol. The van der Waals surface area contributed by atoms with E-state index < -0.39 is 0 Å². The Bertz CT molecular complexity index is 356. The van der Waals surface area contributed by atoms with Crippen LogP contribution in [0.1, 0.15) is 12.8 Å². The normalized spacial score (nSPS) is 18.1. The standard InChI is InChI=1S/C13H22N4/c1-16(2)13-12(5-4-8-14-13)15-11-6-9-17(3)10-7-11/h4-5,8,11,15H,6-7,9-10H2,1-3H3. The van der Waals surface area contributed by atoms with Gasteiger partial charge in [0.15, 0.2) is 5.82 Å². The first-order valence-corrected chi connectivity index (χ1v) is 6.24. The Morgan fingerprint density at radius 3 is 2.71 bits per heavy atom. The van der Waals surface area contributed by atoms with Gasteiger partial charge in [-0.3, -0.25) is 0 Å². The molecule has 94 valence electrons. The van der Waals surface area contributed by atoms with E-state index in [2.05, 4.69) is 33.2 Å². The molecular formula is C13H22N4. The summed E-state index contributed by atoms with van der Waals surface area (Å²) in [6, 6.07) is 4.68. The molecule has 0 aromatic carbocycles. The summed E-state index contributed by atoms with van der Waals surface area (Å²) in [5.41, 5.74) is 1.15. The second-order valence-electron chi connectivity index (χ2n) is 4.99. The molecule has 0 amide bonds. The van der Waals surface area contributed by atoms with Crippen LogP contribution >= 0.6 is 0 Å². The predicted octanol–water partition coefficient (Wildman–Crippen LogP) is 1.65. The molecule has 1 aromatic rings. The monoisotopic (exact) mass is 234 g/mol. The lowest BCUT2D eigenvalue weighted by atomic mass is 10.1. The highest BCUT2D eigenvalue weighted by Crippen LogP contribution is 2.23. The molecule has 0 aliphatic carbocycles. The van der Waals surface area contributed by atoms with Crippen LogP contribution < -0.4 is 10.2 Å². The van der Waals surface area contributed by atoms with Crippen molar-refractivity contribution in [2.75, 3.05) is 44.4 Å². The fourth-order valence-corrected chi connectivity index (χ4v) is 2.24. The Balaban J connectivity index is 2.03. The maximum absolute atomic E-state index is 4.41. The second-order valence-corrected chi connectivity index (χ2v) is 4.99. The number of hydrogen-bond acceptors (Lipinski definition) is 4. The molecule has 0 radical (unpaired) electrons. The van der Waals surface area contributed by atoms with Gasteiger partial charge in [-0.25, -0.2) is 4.98 Å². The van der Waals surface area contributed by atoms with Crippen LogP contribution in [-0.4, -0.2) is 50.2 Å². The molecule has 1 fully saturated rings. The van der Waals surface area contributed by atoms with Crippen molar-refractivity contribution in [3.8, 4) is 0 Å². The first kappa shape index (κ1) is 12.2. The van der Waals surface area contributed by atoms with Gasteiger partial charge in [-0.2, -0.15) is 0 Å². The van der Waals surface area contributed by atoms with Crippen molar-refractivity contribution in [3.05, 3.63) is 18.3 Å². The van der Waals surface area contributed by atoms with E-state index in [1.165, 1.54) is 25.9 Å². The quantitative estimate of drug-likeness (QED) is 0.862. The Morgan fingerprint density at radius 1 is 1.35 bits per heavy atom. The largest absolute Gasteiger partial charge is 0.379 e. The highest BCUT2D eigenvalue weighted by molar-refractivity contribution is 5.65. The number of nitrogens with one attached hydrogen (secondary N) is 1. The lowest BCUT2D eigenvalue weighted by molar-refractivity contribution is 0.264. The minimum atomic E-state index is 0.578. The van der Waals surface area contributed by atoms with Crippen LogP contribution in [0, 0.1) is 0 Å². The summed E-state index contributed by atoms with van der Waals surface area (Å²) in [6.45, 7) is 2.35. The van der Waals surface area contributed by atoms with Crippen LogP contribution in [0.2, 0.25) is 0 Å². The van der Waals surface area contributed by atoms with E-state index in [9.17, 15) is 0 Å². The number of piperidine rings is 1. The Morgan fingerprint density at radius 2 is 2.06 bits per heavy atom. The summed E-state index contributed by atoms with van der Waals surface area (Å²) in [7, 11) is 6.25. The Labute approximate surface area is 104 Å².